The molecule has 4 rings (SSSR count). The van der Waals surface area contributed by atoms with Crippen molar-refractivity contribution < 1.29 is 9.90 Å². The predicted molar refractivity (Wildman–Crippen MR) is 94.8 cm³/mol. The Morgan fingerprint density at radius 1 is 1.12 bits per heavy atom. The monoisotopic (exact) mass is 345 g/mol. The fourth-order valence-corrected chi connectivity index (χ4v) is 4.88. The van der Waals surface area contributed by atoms with Gasteiger partial charge in [0.15, 0.2) is 0 Å². The molecule has 3 aliphatic heterocycles. The highest BCUT2D eigenvalue weighted by Crippen LogP contribution is 2.36. The number of aliphatic hydroxyl groups is 1. The minimum absolute atomic E-state index is 0.0765. The van der Waals surface area contributed by atoms with E-state index in [1.54, 1.807) is 4.57 Å². The van der Waals surface area contributed by atoms with E-state index in [1.807, 2.05) is 24.1 Å². The zero-order valence-corrected chi connectivity index (χ0v) is 14.8. The number of carbonyl (C=O) groups excluding carboxylic acids is 1. The topological polar surface area (TPSA) is 74.6 Å². The van der Waals surface area contributed by atoms with Crippen LogP contribution in [0.1, 0.15) is 60.5 Å². The summed E-state index contributed by atoms with van der Waals surface area (Å²) in [6.45, 7) is 3.66. The lowest BCUT2D eigenvalue weighted by atomic mass is 9.98. The summed E-state index contributed by atoms with van der Waals surface area (Å²) in [7, 11) is 0. The van der Waals surface area contributed by atoms with Crippen molar-refractivity contribution in [2.24, 2.45) is 0 Å². The second kappa shape index (κ2) is 6.57. The molecule has 2 bridgehead atoms. The van der Waals surface area contributed by atoms with Crippen molar-refractivity contribution in [2.75, 3.05) is 13.1 Å². The third-order valence-electron chi connectivity index (χ3n) is 6.19. The van der Waals surface area contributed by atoms with Crippen molar-refractivity contribution in [2.45, 2.75) is 69.7 Å². The Kier molecular flexibility index (Phi) is 4.41. The van der Waals surface area contributed by atoms with Gasteiger partial charge in [0.25, 0.3) is 11.5 Å². The lowest BCUT2D eigenvalue weighted by Crippen LogP contribution is -2.50. The molecule has 1 aromatic rings. The molecule has 0 aromatic carbocycles. The van der Waals surface area contributed by atoms with E-state index in [9.17, 15) is 14.7 Å². The summed E-state index contributed by atoms with van der Waals surface area (Å²) < 4.78 is 1.77. The van der Waals surface area contributed by atoms with E-state index in [0.717, 1.165) is 44.3 Å². The lowest BCUT2D eigenvalue weighted by molar-refractivity contribution is 0.0284. The first kappa shape index (κ1) is 16.8. The minimum Gasteiger partial charge on any atom is -0.393 e. The first-order valence-corrected chi connectivity index (χ1v) is 9.49. The largest absolute Gasteiger partial charge is 0.393 e. The molecule has 1 unspecified atom stereocenters. The van der Waals surface area contributed by atoms with Gasteiger partial charge in [-0.2, -0.15) is 0 Å². The summed E-state index contributed by atoms with van der Waals surface area (Å²) in [5, 5.41) is 13.3. The van der Waals surface area contributed by atoms with E-state index in [4.69, 9.17) is 0 Å². The van der Waals surface area contributed by atoms with E-state index < -0.39 is 0 Å². The Morgan fingerprint density at radius 2 is 1.76 bits per heavy atom. The van der Waals surface area contributed by atoms with E-state index in [-0.39, 0.29) is 35.7 Å². The molecule has 2 N–H and O–H groups in total. The standard InChI is InChI=1S/C19H27N3O3/c1-12-6-9-21(13-4-7-20-8-5-13)18(24)17(12)19(25)22-14-2-3-15(22)11-16(23)10-14/h6,9,13-16,20,23H,2-5,7-8,10-11H2,1H3/t14-,15+,16?. The Labute approximate surface area is 147 Å². The Bertz CT molecular complexity index is 709. The summed E-state index contributed by atoms with van der Waals surface area (Å²) in [5.41, 5.74) is 0.933. The first-order valence-electron chi connectivity index (χ1n) is 9.49. The summed E-state index contributed by atoms with van der Waals surface area (Å²) in [5.74, 6) is -0.134. The number of fused-ring (bicyclic) bond motifs is 2. The average Bonchev–Trinajstić information content (AvgIpc) is 2.87. The van der Waals surface area contributed by atoms with E-state index in [2.05, 4.69) is 5.32 Å². The van der Waals surface area contributed by atoms with Crippen LogP contribution in [0, 0.1) is 6.92 Å². The van der Waals surface area contributed by atoms with E-state index in [0.29, 0.717) is 18.4 Å². The van der Waals surface area contributed by atoms with Gasteiger partial charge in [-0.25, -0.2) is 0 Å². The van der Waals surface area contributed by atoms with Gasteiger partial charge in [0, 0.05) is 24.3 Å². The summed E-state index contributed by atoms with van der Waals surface area (Å²) >= 11 is 0. The number of piperidine rings is 2. The van der Waals surface area contributed by atoms with Crippen molar-refractivity contribution in [3.8, 4) is 0 Å². The van der Waals surface area contributed by atoms with Gasteiger partial charge in [0.1, 0.15) is 5.56 Å². The molecule has 3 aliphatic rings. The Balaban J connectivity index is 1.68. The van der Waals surface area contributed by atoms with Gasteiger partial charge in [-0.1, -0.05) is 0 Å². The summed E-state index contributed by atoms with van der Waals surface area (Å²) in [6.07, 6.45) is 6.50. The van der Waals surface area contributed by atoms with Crippen molar-refractivity contribution in [3.63, 3.8) is 0 Å². The minimum atomic E-state index is -0.315. The van der Waals surface area contributed by atoms with Crippen LogP contribution < -0.4 is 10.9 Å². The smallest absolute Gasteiger partial charge is 0.263 e. The van der Waals surface area contributed by atoms with E-state index in [1.165, 1.54) is 0 Å². The number of amides is 1. The third-order valence-corrected chi connectivity index (χ3v) is 6.19. The summed E-state index contributed by atoms with van der Waals surface area (Å²) in [6, 6.07) is 2.22. The number of pyridine rings is 1. The normalized spacial score (nSPS) is 29.8. The number of aromatic nitrogens is 1. The van der Waals surface area contributed by atoms with Crippen LogP contribution in [-0.2, 0) is 0 Å². The number of hydrogen-bond donors (Lipinski definition) is 2. The van der Waals surface area contributed by atoms with Crippen LogP contribution in [0.25, 0.3) is 0 Å². The highest BCUT2D eigenvalue weighted by molar-refractivity contribution is 5.96. The molecule has 0 aliphatic carbocycles. The maximum absolute atomic E-state index is 13.3. The zero-order valence-electron chi connectivity index (χ0n) is 14.8. The first-order chi connectivity index (χ1) is 12.1. The van der Waals surface area contributed by atoms with Gasteiger partial charge in [-0.3, -0.25) is 9.59 Å². The number of nitrogens with zero attached hydrogens (tertiary/aromatic N) is 2. The van der Waals surface area contributed by atoms with Crippen LogP contribution in [0.3, 0.4) is 0 Å². The van der Waals surface area contributed by atoms with Crippen molar-refractivity contribution in [3.05, 3.63) is 33.7 Å². The molecule has 3 atom stereocenters. The molecule has 0 radical (unpaired) electrons. The highest BCUT2D eigenvalue weighted by Gasteiger charge is 2.43. The fourth-order valence-electron chi connectivity index (χ4n) is 4.88. The van der Waals surface area contributed by atoms with Crippen LogP contribution >= 0.6 is 0 Å². The van der Waals surface area contributed by atoms with Crippen LogP contribution in [0.4, 0.5) is 0 Å². The molecule has 3 fully saturated rings. The molecular formula is C19H27N3O3. The van der Waals surface area contributed by atoms with Crippen LogP contribution in [-0.4, -0.2) is 51.8 Å². The second-order valence-electron chi connectivity index (χ2n) is 7.79. The van der Waals surface area contributed by atoms with Crippen molar-refractivity contribution in [1.29, 1.82) is 0 Å². The molecule has 0 spiro atoms. The number of aryl methyl sites for hydroxylation is 1. The number of aliphatic hydroxyl groups excluding tert-OH is 1. The van der Waals surface area contributed by atoms with Gasteiger partial charge >= 0.3 is 0 Å². The Morgan fingerprint density at radius 3 is 2.40 bits per heavy atom. The number of rotatable bonds is 2. The maximum atomic E-state index is 13.3. The molecule has 1 aromatic heterocycles. The van der Waals surface area contributed by atoms with Crippen LogP contribution in [0.2, 0.25) is 0 Å². The number of carbonyl (C=O) groups is 1. The second-order valence-corrected chi connectivity index (χ2v) is 7.79. The molecule has 25 heavy (non-hydrogen) atoms. The van der Waals surface area contributed by atoms with Crippen molar-refractivity contribution >= 4 is 5.91 Å². The van der Waals surface area contributed by atoms with Gasteiger partial charge in [-0.05, 0) is 70.2 Å². The SMILES string of the molecule is Cc1ccn(C2CCNCC2)c(=O)c1C(=O)N1[C@@H]2CC[C@H]1CC(O)C2. The van der Waals surface area contributed by atoms with Gasteiger partial charge in [0.05, 0.1) is 6.10 Å². The van der Waals surface area contributed by atoms with Crippen LogP contribution in [0.5, 0.6) is 0 Å². The lowest BCUT2D eigenvalue weighted by Gasteiger charge is -2.37. The molecule has 3 saturated heterocycles. The van der Waals surface area contributed by atoms with Crippen molar-refractivity contribution in [1.82, 2.24) is 14.8 Å². The molecule has 4 heterocycles. The molecule has 6 heteroatoms. The van der Waals surface area contributed by atoms with Gasteiger partial charge in [0.2, 0.25) is 0 Å². The molecular weight excluding hydrogens is 318 g/mol. The van der Waals surface area contributed by atoms with Gasteiger partial charge < -0.3 is 19.9 Å². The average molecular weight is 345 g/mol. The molecule has 0 saturated carbocycles. The molecule has 136 valence electrons. The quantitative estimate of drug-likeness (QED) is 0.845. The van der Waals surface area contributed by atoms with Gasteiger partial charge in [-0.15, -0.1) is 0 Å². The third kappa shape index (κ3) is 2.91. The Hall–Kier alpha value is -1.66. The maximum Gasteiger partial charge on any atom is 0.263 e. The fraction of sp³-hybridized carbons (Fsp3) is 0.684. The van der Waals surface area contributed by atoms with E-state index >= 15 is 0 Å². The zero-order chi connectivity index (χ0) is 17.6. The summed E-state index contributed by atoms with van der Waals surface area (Å²) in [4.78, 5) is 28.3. The highest BCUT2D eigenvalue weighted by atomic mass is 16.3. The van der Waals surface area contributed by atoms with Crippen LogP contribution in [0.15, 0.2) is 17.1 Å². The molecule has 1 amide bonds. The number of nitrogens with one attached hydrogen (secondary N) is 1. The molecule has 6 nitrogen and oxygen atoms in total. The predicted octanol–water partition coefficient (Wildman–Crippen LogP) is 1.21. The number of hydrogen-bond acceptors (Lipinski definition) is 4.